The molecular formula is C21H16N4O3. The Morgan fingerprint density at radius 3 is 2.68 bits per heavy atom. The van der Waals surface area contributed by atoms with Crippen molar-refractivity contribution < 1.29 is 14.2 Å². The molecule has 1 aromatic carbocycles. The number of rotatable bonds is 2. The van der Waals surface area contributed by atoms with E-state index in [0.717, 1.165) is 16.3 Å². The summed E-state index contributed by atoms with van der Waals surface area (Å²) < 4.78 is 16.3. The van der Waals surface area contributed by atoms with E-state index in [1.165, 1.54) is 0 Å². The van der Waals surface area contributed by atoms with Crippen molar-refractivity contribution in [3.63, 3.8) is 0 Å². The molecule has 1 aromatic rings. The molecule has 7 heteroatoms. The Kier molecular flexibility index (Phi) is 3.87. The molecule has 3 aliphatic rings. The van der Waals surface area contributed by atoms with Crippen molar-refractivity contribution in [3.05, 3.63) is 44.8 Å². The molecule has 7 nitrogen and oxygen atoms in total. The molecule has 28 heavy (non-hydrogen) atoms. The minimum Gasteiger partial charge on any atom is -0.493 e. The number of nitrogens with zero attached hydrogens (tertiary/aromatic N) is 2. The van der Waals surface area contributed by atoms with E-state index in [9.17, 15) is 10.5 Å². The van der Waals surface area contributed by atoms with Crippen LogP contribution in [0.4, 0.5) is 5.82 Å². The highest BCUT2D eigenvalue weighted by atomic mass is 16.7. The van der Waals surface area contributed by atoms with Gasteiger partial charge in [-0.3, -0.25) is 0 Å². The van der Waals surface area contributed by atoms with Gasteiger partial charge >= 0.3 is 0 Å². The van der Waals surface area contributed by atoms with Crippen molar-refractivity contribution in [1.29, 1.82) is 10.5 Å². The third kappa shape index (κ3) is 2.34. The summed E-state index contributed by atoms with van der Waals surface area (Å²) in [5.74, 6) is 1.92. The molecule has 0 radical (unpaired) electrons. The highest BCUT2D eigenvalue weighted by Crippen LogP contribution is 2.42. The van der Waals surface area contributed by atoms with Crippen LogP contribution in [0, 0.1) is 29.6 Å². The van der Waals surface area contributed by atoms with Crippen molar-refractivity contribution in [2.75, 3.05) is 19.6 Å². The van der Waals surface area contributed by atoms with Crippen LogP contribution >= 0.6 is 0 Å². The van der Waals surface area contributed by atoms with Gasteiger partial charge in [0.05, 0.1) is 23.9 Å². The van der Waals surface area contributed by atoms with Crippen molar-refractivity contribution in [2.24, 2.45) is 0 Å². The van der Waals surface area contributed by atoms with Crippen LogP contribution in [-0.4, -0.2) is 18.9 Å². The summed E-state index contributed by atoms with van der Waals surface area (Å²) in [5, 5.41) is 20.4. The van der Waals surface area contributed by atoms with Crippen molar-refractivity contribution >= 4 is 18.5 Å². The standard InChI is InChI=1S/C21H16N4O3/c1-10-13(4-12-5-16(26-3)20-17(6-12)27-9-28-20)18-11(2)15(8-23)21(24)25-19(18)14(10)7-22/h4-6,25H,1,9,24H2,2-3H3/b13-4-. The van der Waals surface area contributed by atoms with E-state index in [0.29, 0.717) is 44.9 Å². The Morgan fingerprint density at radius 1 is 1.25 bits per heavy atom. The fourth-order valence-corrected chi connectivity index (χ4v) is 3.56. The SMILES string of the molecule is C=c1c(C#N)c2[nH]c(N)c(C#N)c(C)c-2/c1=C\c1cc(OC)c2c(c1)OCO2. The Bertz CT molecular complexity index is 1290. The van der Waals surface area contributed by atoms with Crippen LogP contribution < -0.4 is 30.4 Å². The molecular weight excluding hydrogens is 356 g/mol. The number of hydrogen-bond acceptors (Lipinski definition) is 6. The summed E-state index contributed by atoms with van der Waals surface area (Å²) in [5.41, 5.74) is 9.50. The number of aromatic nitrogens is 1. The minimum absolute atomic E-state index is 0.131. The Hall–Kier alpha value is -4.10. The molecule has 0 amide bonds. The number of pyridine rings is 1. The van der Waals surface area contributed by atoms with Crippen LogP contribution in [0.5, 0.6) is 17.2 Å². The zero-order valence-electron chi connectivity index (χ0n) is 15.3. The van der Waals surface area contributed by atoms with Gasteiger partial charge in [-0.2, -0.15) is 10.5 Å². The zero-order chi connectivity index (χ0) is 20.0. The van der Waals surface area contributed by atoms with Gasteiger partial charge in [-0.25, -0.2) is 0 Å². The van der Waals surface area contributed by atoms with Gasteiger partial charge in [-0.05, 0) is 46.7 Å². The number of nitrogens with one attached hydrogen (secondary N) is 1. The molecule has 1 aliphatic carbocycles. The van der Waals surface area contributed by atoms with E-state index < -0.39 is 0 Å². The largest absolute Gasteiger partial charge is 0.493 e. The summed E-state index contributed by atoms with van der Waals surface area (Å²) in [6.07, 6.45) is 1.88. The van der Waals surface area contributed by atoms with Crippen LogP contribution in [0.15, 0.2) is 12.1 Å². The molecule has 0 aromatic heterocycles. The average Bonchev–Trinajstić information content (AvgIpc) is 3.24. The molecule has 4 rings (SSSR count). The number of hydrogen-bond donors (Lipinski definition) is 2. The fourth-order valence-electron chi connectivity index (χ4n) is 3.56. The van der Waals surface area contributed by atoms with E-state index >= 15 is 0 Å². The normalized spacial score (nSPS) is 12.8. The quantitative estimate of drug-likeness (QED) is 0.707. The van der Waals surface area contributed by atoms with E-state index in [2.05, 4.69) is 23.7 Å². The molecule has 0 bridgehead atoms. The first-order valence-corrected chi connectivity index (χ1v) is 8.42. The van der Waals surface area contributed by atoms with Crippen LogP contribution in [0.1, 0.15) is 22.3 Å². The average molecular weight is 372 g/mol. The van der Waals surface area contributed by atoms with Crippen molar-refractivity contribution in [2.45, 2.75) is 6.92 Å². The summed E-state index contributed by atoms with van der Waals surface area (Å²) in [4.78, 5) is 2.98. The van der Waals surface area contributed by atoms with Gasteiger partial charge in [0, 0.05) is 5.56 Å². The van der Waals surface area contributed by atoms with Crippen molar-refractivity contribution in [1.82, 2.24) is 4.98 Å². The second kappa shape index (κ2) is 6.26. The molecule has 2 heterocycles. The lowest BCUT2D eigenvalue weighted by molar-refractivity contribution is 0.171. The summed E-state index contributed by atoms with van der Waals surface area (Å²) in [6, 6.07) is 7.94. The molecule has 3 N–H and O–H groups in total. The second-order valence-electron chi connectivity index (χ2n) is 6.38. The van der Waals surface area contributed by atoms with Gasteiger partial charge in [0.2, 0.25) is 12.5 Å². The smallest absolute Gasteiger partial charge is 0.231 e. The second-order valence-corrected chi connectivity index (χ2v) is 6.38. The Morgan fingerprint density at radius 2 is 2.00 bits per heavy atom. The predicted molar refractivity (Wildman–Crippen MR) is 103 cm³/mol. The van der Waals surface area contributed by atoms with Gasteiger partial charge < -0.3 is 24.9 Å². The maximum atomic E-state index is 9.63. The maximum absolute atomic E-state index is 9.63. The number of fused-ring (bicyclic) bond motifs is 2. The van der Waals surface area contributed by atoms with E-state index in [1.807, 2.05) is 25.1 Å². The fraction of sp³-hybridized carbons (Fsp3) is 0.143. The van der Waals surface area contributed by atoms with Gasteiger partial charge in [0.25, 0.3) is 0 Å². The lowest BCUT2D eigenvalue weighted by atomic mass is 10.0. The summed E-state index contributed by atoms with van der Waals surface area (Å²) in [7, 11) is 1.56. The number of nitrogens with two attached hydrogens (primary N) is 1. The molecule has 138 valence electrons. The highest BCUT2D eigenvalue weighted by molar-refractivity contribution is 5.82. The maximum Gasteiger partial charge on any atom is 0.231 e. The number of H-pyrrole nitrogens is 1. The molecule has 0 saturated heterocycles. The topological polar surface area (TPSA) is 117 Å². The minimum atomic E-state index is 0.131. The number of aromatic amines is 1. The van der Waals surface area contributed by atoms with E-state index in [4.69, 9.17) is 19.9 Å². The first-order chi connectivity index (χ1) is 13.5. The number of benzene rings is 1. The number of nitriles is 2. The molecule has 0 unspecified atom stereocenters. The third-order valence-corrected chi connectivity index (χ3v) is 4.89. The van der Waals surface area contributed by atoms with Crippen LogP contribution in [-0.2, 0) is 0 Å². The predicted octanol–water partition coefficient (Wildman–Crippen LogP) is 1.73. The van der Waals surface area contributed by atoms with Crippen LogP contribution in [0.3, 0.4) is 0 Å². The van der Waals surface area contributed by atoms with Gasteiger partial charge in [-0.15, -0.1) is 0 Å². The Balaban J connectivity index is 2.08. The zero-order valence-corrected chi connectivity index (χ0v) is 15.3. The molecule has 0 fully saturated rings. The number of ether oxygens (including phenoxy) is 3. The Labute approximate surface area is 160 Å². The molecule has 2 aliphatic heterocycles. The number of nitrogen functional groups attached to an aromatic ring is 1. The van der Waals surface area contributed by atoms with Crippen LogP contribution in [0.2, 0.25) is 0 Å². The van der Waals surface area contributed by atoms with Gasteiger partial charge in [0.1, 0.15) is 18.0 Å². The van der Waals surface area contributed by atoms with E-state index in [1.54, 1.807) is 7.11 Å². The van der Waals surface area contributed by atoms with Crippen LogP contribution in [0.25, 0.3) is 23.9 Å². The number of methoxy groups -OCH3 is 1. The molecule has 0 atom stereocenters. The molecule has 0 saturated carbocycles. The van der Waals surface area contributed by atoms with Gasteiger partial charge in [-0.1, -0.05) is 6.58 Å². The van der Waals surface area contributed by atoms with E-state index in [-0.39, 0.29) is 12.6 Å². The monoisotopic (exact) mass is 372 g/mol. The van der Waals surface area contributed by atoms with Crippen molar-refractivity contribution in [3.8, 4) is 40.6 Å². The highest BCUT2D eigenvalue weighted by Gasteiger charge is 2.23. The van der Waals surface area contributed by atoms with Gasteiger partial charge in [0.15, 0.2) is 11.5 Å². The lowest BCUT2D eigenvalue weighted by Crippen LogP contribution is -2.21. The number of anilines is 1. The summed E-state index contributed by atoms with van der Waals surface area (Å²) >= 11 is 0. The lowest BCUT2D eigenvalue weighted by Gasteiger charge is -2.10. The first kappa shape index (κ1) is 17.3. The first-order valence-electron chi connectivity index (χ1n) is 8.42. The third-order valence-electron chi connectivity index (χ3n) is 4.89. The molecule has 0 spiro atoms. The summed E-state index contributed by atoms with van der Waals surface area (Å²) in [6.45, 7) is 6.02.